The van der Waals surface area contributed by atoms with E-state index in [-0.39, 0.29) is 0 Å². The number of benzene rings is 1. The number of rotatable bonds is 5. The summed E-state index contributed by atoms with van der Waals surface area (Å²) < 4.78 is 2.08. The van der Waals surface area contributed by atoms with E-state index in [1.807, 2.05) is 36.7 Å². The van der Waals surface area contributed by atoms with Gasteiger partial charge in [-0.05, 0) is 11.6 Å². The van der Waals surface area contributed by atoms with E-state index in [4.69, 9.17) is 0 Å². The van der Waals surface area contributed by atoms with Crippen molar-refractivity contribution in [1.82, 2.24) is 25.1 Å². The van der Waals surface area contributed by atoms with Crippen LogP contribution in [0.1, 0.15) is 22.6 Å². The van der Waals surface area contributed by atoms with Crippen LogP contribution in [-0.2, 0) is 26.1 Å². The molecule has 1 aliphatic heterocycles. The molecule has 0 aliphatic carbocycles. The van der Waals surface area contributed by atoms with Crippen LogP contribution in [-0.4, -0.2) is 26.3 Å². The quantitative estimate of drug-likeness (QED) is 0.752. The highest BCUT2D eigenvalue weighted by Gasteiger charge is 2.14. The van der Waals surface area contributed by atoms with Crippen molar-refractivity contribution >= 4 is 5.82 Å². The van der Waals surface area contributed by atoms with E-state index in [1.54, 1.807) is 0 Å². The number of anilines is 1. The fourth-order valence-corrected chi connectivity index (χ4v) is 2.93. The van der Waals surface area contributed by atoms with Crippen molar-refractivity contribution in [3.8, 4) is 0 Å². The number of nitrogens with one attached hydrogen (secondary N) is 2. The van der Waals surface area contributed by atoms with E-state index >= 15 is 0 Å². The van der Waals surface area contributed by atoms with E-state index in [2.05, 4.69) is 42.5 Å². The molecule has 24 heavy (non-hydrogen) atoms. The molecule has 0 saturated heterocycles. The summed E-state index contributed by atoms with van der Waals surface area (Å²) in [5.41, 5.74) is 3.68. The maximum atomic E-state index is 4.61. The summed E-state index contributed by atoms with van der Waals surface area (Å²) in [6.07, 6.45) is 4.49. The van der Waals surface area contributed by atoms with Crippen molar-refractivity contribution in [3.05, 3.63) is 71.4 Å². The van der Waals surface area contributed by atoms with Crippen LogP contribution in [0, 0.1) is 0 Å². The lowest BCUT2D eigenvalue weighted by Crippen LogP contribution is -2.29. The minimum absolute atomic E-state index is 0.721. The molecule has 6 heteroatoms. The van der Waals surface area contributed by atoms with E-state index < -0.39 is 0 Å². The maximum Gasteiger partial charge on any atom is 0.135 e. The third-order valence-corrected chi connectivity index (χ3v) is 4.20. The van der Waals surface area contributed by atoms with Crippen LogP contribution in [0.5, 0.6) is 0 Å². The van der Waals surface area contributed by atoms with Crippen LogP contribution < -0.4 is 10.6 Å². The Labute approximate surface area is 141 Å². The van der Waals surface area contributed by atoms with Gasteiger partial charge in [-0.25, -0.2) is 9.97 Å². The van der Waals surface area contributed by atoms with Gasteiger partial charge in [-0.3, -0.25) is 4.68 Å². The van der Waals surface area contributed by atoms with Gasteiger partial charge >= 0.3 is 0 Å². The molecule has 0 radical (unpaired) electrons. The third kappa shape index (κ3) is 3.28. The fourth-order valence-electron chi connectivity index (χ4n) is 2.93. The molecular formula is C18H20N6. The average Bonchev–Trinajstić information content (AvgIpc) is 3.04. The topological polar surface area (TPSA) is 67.7 Å². The first-order chi connectivity index (χ1) is 11.9. The standard InChI is InChI=1S/C18H20N6/c1-2-4-14(5-3-1)10-18-20-7-6-17(23-18)21-11-15-12-22-24-9-8-19-13-16(15)24/h1-7,12,19H,8-11,13H2,(H,20,21,23). The van der Waals surface area contributed by atoms with Crippen molar-refractivity contribution in [2.75, 3.05) is 11.9 Å². The largest absolute Gasteiger partial charge is 0.366 e. The SMILES string of the molecule is c1ccc(Cc2nccc(NCc3cnn4c3CNCC4)n2)cc1. The van der Waals surface area contributed by atoms with E-state index in [9.17, 15) is 0 Å². The summed E-state index contributed by atoms with van der Waals surface area (Å²) in [7, 11) is 0. The van der Waals surface area contributed by atoms with Crippen LogP contribution in [0.3, 0.4) is 0 Å². The number of fused-ring (bicyclic) bond motifs is 1. The minimum Gasteiger partial charge on any atom is -0.366 e. The number of hydrogen-bond donors (Lipinski definition) is 2. The summed E-state index contributed by atoms with van der Waals surface area (Å²) in [6, 6.07) is 12.2. The van der Waals surface area contributed by atoms with Crippen molar-refractivity contribution in [1.29, 1.82) is 0 Å². The Morgan fingerprint density at radius 3 is 3.00 bits per heavy atom. The molecule has 0 fully saturated rings. The zero-order chi connectivity index (χ0) is 16.2. The molecule has 2 aromatic heterocycles. The van der Waals surface area contributed by atoms with Gasteiger partial charge in [0.05, 0.1) is 18.4 Å². The molecule has 0 amide bonds. The Balaban J connectivity index is 1.44. The lowest BCUT2D eigenvalue weighted by molar-refractivity contribution is 0.474. The lowest BCUT2D eigenvalue weighted by Gasteiger charge is -2.16. The molecule has 3 aromatic rings. The van der Waals surface area contributed by atoms with Crippen LogP contribution in [0.15, 0.2) is 48.8 Å². The van der Waals surface area contributed by atoms with Crippen LogP contribution >= 0.6 is 0 Å². The molecule has 0 unspecified atom stereocenters. The second kappa shape index (κ2) is 6.80. The van der Waals surface area contributed by atoms with Gasteiger partial charge in [0.1, 0.15) is 11.6 Å². The van der Waals surface area contributed by atoms with E-state index in [1.165, 1.54) is 16.8 Å². The van der Waals surface area contributed by atoms with E-state index in [0.717, 1.165) is 44.2 Å². The van der Waals surface area contributed by atoms with Crippen LogP contribution in [0.2, 0.25) is 0 Å². The summed E-state index contributed by atoms with van der Waals surface area (Å²) in [4.78, 5) is 8.99. The Morgan fingerprint density at radius 2 is 2.08 bits per heavy atom. The fraction of sp³-hybridized carbons (Fsp3) is 0.278. The summed E-state index contributed by atoms with van der Waals surface area (Å²) in [5.74, 6) is 1.67. The van der Waals surface area contributed by atoms with Crippen molar-refractivity contribution < 1.29 is 0 Å². The summed E-state index contributed by atoms with van der Waals surface area (Å²) in [6.45, 7) is 3.51. The molecule has 0 saturated carbocycles. The lowest BCUT2D eigenvalue weighted by atomic mass is 10.1. The van der Waals surface area contributed by atoms with Gasteiger partial charge < -0.3 is 10.6 Å². The Kier molecular flexibility index (Phi) is 4.20. The zero-order valence-corrected chi connectivity index (χ0v) is 13.4. The van der Waals surface area contributed by atoms with Gasteiger partial charge in [0.15, 0.2) is 0 Å². The zero-order valence-electron chi connectivity index (χ0n) is 13.4. The number of aromatic nitrogens is 4. The predicted octanol–water partition coefficient (Wildman–Crippen LogP) is 1.98. The molecule has 122 valence electrons. The molecule has 1 aliphatic rings. The first kappa shape index (κ1) is 14.8. The highest BCUT2D eigenvalue weighted by atomic mass is 15.3. The Bertz CT molecular complexity index is 811. The predicted molar refractivity (Wildman–Crippen MR) is 92.5 cm³/mol. The molecule has 0 atom stereocenters. The third-order valence-electron chi connectivity index (χ3n) is 4.20. The minimum atomic E-state index is 0.721. The second-order valence-electron chi connectivity index (χ2n) is 5.89. The first-order valence-corrected chi connectivity index (χ1v) is 8.22. The van der Waals surface area contributed by atoms with E-state index in [0.29, 0.717) is 0 Å². The highest BCUT2D eigenvalue weighted by Crippen LogP contribution is 2.14. The normalized spacial score (nSPS) is 13.5. The van der Waals surface area contributed by atoms with Gasteiger partial charge in [-0.1, -0.05) is 30.3 Å². The summed E-state index contributed by atoms with van der Waals surface area (Å²) in [5, 5.41) is 11.2. The molecule has 0 bridgehead atoms. The number of hydrogen-bond acceptors (Lipinski definition) is 5. The molecule has 0 spiro atoms. The average molecular weight is 320 g/mol. The second-order valence-corrected chi connectivity index (χ2v) is 5.89. The first-order valence-electron chi connectivity index (χ1n) is 8.22. The highest BCUT2D eigenvalue weighted by molar-refractivity contribution is 5.36. The Morgan fingerprint density at radius 1 is 1.17 bits per heavy atom. The van der Waals surface area contributed by atoms with Gasteiger partial charge in [-0.2, -0.15) is 5.10 Å². The monoisotopic (exact) mass is 320 g/mol. The molecule has 1 aromatic carbocycles. The molecular weight excluding hydrogens is 300 g/mol. The molecule has 6 nitrogen and oxygen atoms in total. The van der Waals surface area contributed by atoms with Gasteiger partial charge in [-0.15, -0.1) is 0 Å². The molecule has 2 N–H and O–H groups in total. The van der Waals surface area contributed by atoms with Gasteiger partial charge in [0.25, 0.3) is 0 Å². The Hall–Kier alpha value is -2.73. The van der Waals surface area contributed by atoms with Crippen molar-refractivity contribution in [2.24, 2.45) is 0 Å². The summed E-state index contributed by atoms with van der Waals surface area (Å²) >= 11 is 0. The molecule has 4 rings (SSSR count). The van der Waals surface area contributed by atoms with Crippen LogP contribution in [0.4, 0.5) is 5.82 Å². The van der Waals surface area contributed by atoms with Crippen LogP contribution in [0.25, 0.3) is 0 Å². The number of nitrogens with zero attached hydrogens (tertiary/aromatic N) is 4. The van der Waals surface area contributed by atoms with Crippen molar-refractivity contribution in [3.63, 3.8) is 0 Å². The molecule has 3 heterocycles. The smallest absolute Gasteiger partial charge is 0.135 e. The van der Waals surface area contributed by atoms with Gasteiger partial charge in [0, 0.05) is 37.8 Å². The van der Waals surface area contributed by atoms with Gasteiger partial charge in [0.2, 0.25) is 0 Å². The van der Waals surface area contributed by atoms with Crippen molar-refractivity contribution in [2.45, 2.75) is 26.1 Å². The maximum absolute atomic E-state index is 4.61.